The van der Waals surface area contributed by atoms with Crippen molar-refractivity contribution >= 4 is 39.5 Å². The van der Waals surface area contributed by atoms with Gasteiger partial charge in [-0.3, -0.25) is 37.3 Å². The lowest BCUT2D eigenvalue weighted by Crippen LogP contribution is -2.30. The molecular formula is C88H172O17P2. The largest absolute Gasteiger partial charge is 0.472 e. The second kappa shape index (κ2) is 78.0. The van der Waals surface area contributed by atoms with Gasteiger partial charge < -0.3 is 33.8 Å². The number of aliphatic hydroxyl groups is 1. The van der Waals surface area contributed by atoms with Crippen molar-refractivity contribution < 1.29 is 80.2 Å². The van der Waals surface area contributed by atoms with Crippen molar-refractivity contribution in [1.29, 1.82) is 0 Å². The van der Waals surface area contributed by atoms with Gasteiger partial charge in [-0.05, 0) is 43.4 Å². The van der Waals surface area contributed by atoms with Crippen LogP contribution in [-0.2, 0) is 65.4 Å². The van der Waals surface area contributed by atoms with Gasteiger partial charge in [-0.1, -0.05) is 414 Å². The highest BCUT2D eigenvalue weighted by atomic mass is 31.2. The molecule has 3 N–H and O–H groups in total. The third kappa shape index (κ3) is 80.5. The summed E-state index contributed by atoms with van der Waals surface area (Å²) >= 11 is 0. The average Bonchev–Trinajstić information content (AvgIpc) is 0.932. The Morgan fingerprint density at radius 2 is 0.477 bits per heavy atom. The van der Waals surface area contributed by atoms with E-state index in [0.717, 1.165) is 108 Å². The predicted octanol–water partition coefficient (Wildman–Crippen LogP) is 26.9. The maximum absolute atomic E-state index is 13.2. The second-order valence-corrected chi connectivity index (χ2v) is 35.7. The molecule has 6 atom stereocenters. The molecule has 107 heavy (non-hydrogen) atoms. The van der Waals surface area contributed by atoms with Crippen LogP contribution in [0.1, 0.15) is 466 Å². The van der Waals surface area contributed by atoms with Gasteiger partial charge in [0.25, 0.3) is 0 Å². The molecule has 0 aromatic heterocycles. The van der Waals surface area contributed by atoms with Gasteiger partial charge in [0.1, 0.15) is 19.3 Å². The number of rotatable bonds is 86. The van der Waals surface area contributed by atoms with E-state index in [1.54, 1.807) is 0 Å². The van der Waals surface area contributed by atoms with E-state index >= 15 is 0 Å². The Bertz CT molecular complexity index is 2060. The lowest BCUT2D eigenvalue weighted by molar-refractivity contribution is -0.161. The van der Waals surface area contributed by atoms with Crippen LogP contribution in [0, 0.1) is 17.8 Å². The summed E-state index contributed by atoms with van der Waals surface area (Å²) in [4.78, 5) is 73.3. The lowest BCUT2D eigenvalue weighted by atomic mass is 9.99. The third-order valence-corrected chi connectivity index (χ3v) is 22.9. The lowest BCUT2D eigenvalue weighted by Gasteiger charge is -2.21. The first-order valence-corrected chi connectivity index (χ1v) is 48.4. The number of unbranched alkanes of at least 4 members (excludes halogenated alkanes) is 53. The first-order chi connectivity index (χ1) is 51.8. The maximum atomic E-state index is 13.2. The van der Waals surface area contributed by atoms with Crippen molar-refractivity contribution in [2.24, 2.45) is 17.8 Å². The van der Waals surface area contributed by atoms with E-state index in [0.29, 0.717) is 25.7 Å². The molecule has 0 aromatic rings. The molecule has 0 amide bonds. The van der Waals surface area contributed by atoms with Crippen molar-refractivity contribution in [1.82, 2.24) is 0 Å². The fraction of sp³-hybridized carbons (Fsp3) is 0.955. The molecule has 0 radical (unpaired) electrons. The summed E-state index contributed by atoms with van der Waals surface area (Å²) in [6.07, 6.45) is 69.4. The van der Waals surface area contributed by atoms with Gasteiger partial charge in [-0.2, -0.15) is 0 Å². The van der Waals surface area contributed by atoms with Crippen LogP contribution in [0.2, 0.25) is 0 Å². The van der Waals surface area contributed by atoms with E-state index in [-0.39, 0.29) is 25.7 Å². The number of phosphoric acid groups is 2. The Kier molecular flexibility index (Phi) is 76.6. The van der Waals surface area contributed by atoms with E-state index in [1.807, 2.05) is 0 Å². The molecule has 0 saturated carbocycles. The molecule has 17 nitrogen and oxygen atoms in total. The van der Waals surface area contributed by atoms with Gasteiger partial charge in [0.2, 0.25) is 0 Å². The fourth-order valence-corrected chi connectivity index (χ4v) is 15.3. The summed E-state index contributed by atoms with van der Waals surface area (Å²) in [5.74, 6) is 0.280. The number of esters is 4. The minimum Gasteiger partial charge on any atom is -0.462 e. The summed E-state index contributed by atoms with van der Waals surface area (Å²) in [5.41, 5.74) is 0. The zero-order valence-corrected chi connectivity index (χ0v) is 72.4. The smallest absolute Gasteiger partial charge is 0.462 e. The summed E-state index contributed by atoms with van der Waals surface area (Å²) in [5, 5.41) is 10.7. The van der Waals surface area contributed by atoms with E-state index < -0.39 is 97.5 Å². The number of hydrogen-bond acceptors (Lipinski definition) is 15. The molecular weight excluding hydrogens is 1390 g/mol. The molecule has 0 fully saturated rings. The molecule has 0 heterocycles. The highest BCUT2D eigenvalue weighted by Gasteiger charge is 2.31. The molecule has 636 valence electrons. The van der Waals surface area contributed by atoms with E-state index in [4.69, 9.17) is 37.0 Å². The Morgan fingerprint density at radius 3 is 0.710 bits per heavy atom. The van der Waals surface area contributed by atoms with Crippen LogP contribution < -0.4 is 0 Å². The average molecular weight is 1560 g/mol. The van der Waals surface area contributed by atoms with Gasteiger partial charge >= 0.3 is 39.5 Å². The maximum Gasteiger partial charge on any atom is 0.472 e. The molecule has 0 rings (SSSR count). The van der Waals surface area contributed by atoms with Crippen molar-refractivity contribution in [3.63, 3.8) is 0 Å². The van der Waals surface area contributed by atoms with E-state index in [9.17, 15) is 43.2 Å². The van der Waals surface area contributed by atoms with Crippen LogP contribution >= 0.6 is 15.6 Å². The SMILES string of the molecule is CCCCCCCCCCCCCCCCCCCCCC(=O)OC[C@H](COP(=O)(O)OC[C@@H](O)COP(=O)(O)OC[C@@H](COC(=O)CCCCCCCCCCC(C)CC)OC(=O)CCCCCCCCCCCCCCCCC(C)C)OC(=O)CCCCCCCCCCCCCCCCCCC(C)C. The Labute approximate surface area is 658 Å². The number of phosphoric ester groups is 2. The number of aliphatic hydroxyl groups excluding tert-OH is 1. The number of carbonyl (C=O) groups is 4. The molecule has 19 heteroatoms. The topological polar surface area (TPSA) is 237 Å². The normalized spacial score (nSPS) is 14.1. The Hall–Kier alpha value is -1.94. The van der Waals surface area contributed by atoms with Crippen molar-refractivity contribution in [2.75, 3.05) is 39.6 Å². The van der Waals surface area contributed by atoms with Gasteiger partial charge in [0, 0.05) is 25.7 Å². The van der Waals surface area contributed by atoms with Crippen LogP contribution in [0.3, 0.4) is 0 Å². The zero-order valence-electron chi connectivity index (χ0n) is 70.6. The first kappa shape index (κ1) is 105. The van der Waals surface area contributed by atoms with Crippen molar-refractivity contribution in [3.05, 3.63) is 0 Å². The van der Waals surface area contributed by atoms with E-state index in [2.05, 4.69) is 48.5 Å². The standard InChI is InChI=1S/C88H172O17P2/c1-8-10-11-12-13-14-15-16-17-18-19-20-24-30-35-40-48-55-62-69-85(90)98-75-83(104-87(92)71-64-57-50-41-36-31-25-22-21-23-28-33-38-45-52-59-66-79(3)4)77-102-106(94,95)100-73-82(89)74-101-107(96,97)103-78-84(76-99-86(91)70-63-56-49-44-43-47-54-61-68-81(7)9-2)105-88(93)72-65-58-51-42-37-32-27-26-29-34-39-46-53-60-67-80(5)6/h79-84,89H,8-78H2,1-7H3,(H,94,95)(H,96,97)/t81?,82-,83-,84-/m1/s1. The highest BCUT2D eigenvalue weighted by molar-refractivity contribution is 7.47. The van der Waals surface area contributed by atoms with Gasteiger partial charge in [-0.25, -0.2) is 9.13 Å². The van der Waals surface area contributed by atoms with Crippen LogP contribution in [0.5, 0.6) is 0 Å². The molecule has 3 unspecified atom stereocenters. The molecule has 0 saturated heterocycles. The first-order valence-electron chi connectivity index (χ1n) is 45.4. The monoisotopic (exact) mass is 1560 g/mol. The van der Waals surface area contributed by atoms with Crippen molar-refractivity contribution in [2.45, 2.75) is 484 Å². The molecule has 0 aliphatic rings. The van der Waals surface area contributed by atoms with Crippen molar-refractivity contribution in [3.8, 4) is 0 Å². The highest BCUT2D eigenvalue weighted by Crippen LogP contribution is 2.45. The minimum absolute atomic E-state index is 0.107. The number of ether oxygens (including phenoxy) is 4. The van der Waals surface area contributed by atoms with Crippen LogP contribution in [0.4, 0.5) is 0 Å². The molecule has 0 spiro atoms. The molecule has 0 aliphatic heterocycles. The van der Waals surface area contributed by atoms with Gasteiger partial charge in [-0.15, -0.1) is 0 Å². The summed E-state index contributed by atoms with van der Waals surface area (Å²) in [6.45, 7) is 12.0. The second-order valence-electron chi connectivity index (χ2n) is 32.8. The summed E-state index contributed by atoms with van der Waals surface area (Å²) in [6, 6.07) is 0. The van der Waals surface area contributed by atoms with Gasteiger partial charge in [0.05, 0.1) is 26.4 Å². The molecule has 0 bridgehead atoms. The molecule has 0 aromatic carbocycles. The number of carbonyl (C=O) groups excluding carboxylic acids is 4. The minimum atomic E-state index is -4.97. The summed E-state index contributed by atoms with van der Waals surface area (Å²) < 4.78 is 69.0. The number of hydrogen-bond donors (Lipinski definition) is 3. The van der Waals surface area contributed by atoms with Crippen LogP contribution in [0.15, 0.2) is 0 Å². The summed E-state index contributed by atoms with van der Waals surface area (Å²) in [7, 11) is -9.93. The quantitative estimate of drug-likeness (QED) is 0.0222. The molecule has 0 aliphatic carbocycles. The van der Waals surface area contributed by atoms with Gasteiger partial charge in [0.15, 0.2) is 12.2 Å². The fourth-order valence-electron chi connectivity index (χ4n) is 13.7. The van der Waals surface area contributed by atoms with Crippen LogP contribution in [0.25, 0.3) is 0 Å². The van der Waals surface area contributed by atoms with Crippen LogP contribution in [-0.4, -0.2) is 96.7 Å². The third-order valence-electron chi connectivity index (χ3n) is 21.0. The Balaban J connectivity index is 5.26. The zero-order chi connectivity index (χ0) is 78.6. The van der Waals surface area contributed by atoms with E-state index in [1.165, 1.54) is 276 Å². The Morgan fingerprint density at radius 1 is 0.271 bits per heavy atom. The predicted molar refractivity (Wildman–Crippen MR) is 441 cm³/mol.